The van der Waals surface area contributed by atoms with Gasteiger partial charge >= 0.3 is 0 Å². The van der Waals surface area contributed by atoms with Crippen molar-refractivity contribution in [3.63, 3.8) is 0 Å². The third-order valence-electron chi connectivity index (χ3n) is 2.36. The van der Waals surface area contributed by atoms with E-state index >= 15 is 0 Å². The molecule has 3 nitrogen and oxygen atoms in total. The molecular weight excluding hydrogens is 178 g/mol. The van der Waals surface area contributed by atoms with Gasteiger partial charge < -0.3 is 9.94 Å². The van der Waals surface area contributed by atoms with Gasteiger partial charge in [0.1, 0.15) is 0 Å². The van der Waals surface area contributed by atoms with E-state index in [1.54, 1.807) is 0 Å². The molecule has 3 heteroatoms. The van der Waals surface area contributed by atoms with Crippen LogP contribution in [0.5, 0.6) is 0 Å². The molecule has 0 radical (unpaired) electrons. The number of aliphatic hydroxyl groups is 1. The first kappa shape index (κ1) is 9.21. The van der Waals surface area contributed by atoms with E-state index in [9.17, 15) is 0 Å². The molecule has 1 aliphatic rings. The van der Waals surface area contributed by atoms with Crippen molar-refractivity contribution in [2.45, 2.75) is 18.9 Å². The Kier molecular flexibility index (Phi) is 2.25. The SMILES string of the molecule is C[C@@]1(CO)CC(c2ccccc2)=NO1. The van der Waals surface area contributed by atoms with Gasteiger partial charge in [0.05, 0.1) is 12.3 Å². The molecule has 0 saturated heterocycles. The summed E-state index contributed by atoms with van der Waals surface area (Å²) in [6.45, 7) is 1.85. The normalized spacial score (nSPS) is 25.7. The molecule has 1 aromatic carbocycles. The van der Waals surface area contributed by atoms with Crippen LogP contribution >= 0.6 is 0 Å². The Morgan fingerprint density at radius 3 is 2.71 bits per heavy atom. The molecule has 1 heterocycles. The van der Waals surface area contributed by atoms with Gasteiger partial charge in [-0.05, 0) is 12.5 Å². The van der Waals surface area contributed by atoms with E-state index in [-0.39, 0.29) is 6.61 Å². The highest BCUT2D eigenvalue weighted by molar-refractivity contribution is 6.01. The van der Waals surface area contributed by atoms with Gasteiger partial charge in [-0.3, -0.25) is 0 Å². The summed E-state index contributed by atoms with van der Waals surface area (Å²) in [6, 6.07) is 9.88. The third kappa shape index (κ3) is 1.63. The summed E-state index contributed by atoms with van der Waals surface area (Å²) < 4.78 is 0. The van der Waals surface area contributed by atoms with Gasteiger partial charge in [-0.2, -0.15) is 0 Å². The standard InChI is InChI=1S/C11H13NO2/c1-11(8-13)7-10(12-14-11)9-5-3-2-4-6-9/h2-6,13H,7-8H2,1H3/t11-/m0/s1. The zero-order valence-electron chi connectivity index (χ0n) is 8.10. The zero-order chi connectivity index (χ0) is 10.0. The third-order valence-corrected chi connectivity index (χ3v) is 2.36. The van der Waals surface area contributed by atoms with E-state index in [1.165, 1.54) is 0 Å². The minimum Gasteiger partial charge on any atom is -0.392 e. The van der Waals surface area contributed by atoms with Crippen molar-refractivity contribution in [3.8, 4) is 0 Å². The van der Waals surface area contributed by atoms with Crippen LogP contribution in [-0.4, -0.2) is 23.0 Å². The van der Waals surface area contributed by atoms with Crippen molar-refractivity contribution in [2.75, 3.05) is 6.61 Å². The van der Waals surface area contributed by atoms with Crippen LogP contribution in [0.15, 0.2) is 35.5 Å². The number of benzene rings is 1. The molecule has 0 saturated carbocycles. The second-order valence-electron chi connectivity index (χ2n) is 3.78. The predicted molar refractivity (Wildman–Crippen MR) is 54.2 cm³/mol. The number of aliphatic hydroxyl groups excluding tert-OH is 1. The molecule has 0 bridgehead atoms. The second kappa shape index (κ2) is 3.42. The van der Waals surface area contributed by atoms with Crippen LogP contribution in [0.3, 0.4) is 0 Å². The molecule has 0 amide bonds. The van der Waals surface area contributed by atoms with E-state index in [1.807, 2.05) is 37.3 Å². The fourth-order valence-corrected chi connectivity index (χ4v) is 1.45. The topological polar surface area (TPSA) is 41.8 Å². The lowest BCUT2D eigenvalue weighted by molar-refractivity contribution is -0.0428. The maximum atomic E-state index is 9.09. The van der Waals surface area contributed by atoms with Crippen molar-refractivity contribution < 1.29 is 9.94 Å². The molecule has 0 aliphatic carbocycles. The highest BCUT2D eigenvalue weighted by Gasteiger charge is 2.33. The summed E-state index contributed by atoms with van der Waals surface area (Å²) in [6.07, 6.45) is 0.660. The van der Waals surface area contributed by atoms with E-state index in [0.717, 1.165) is 11.3 Å². The van der Waals surface area contributed by atoms with E-state index in [4.69, 9.17) is 9.94 Å². The van der Waals surface area contributed by atoms with Crippen LogP contribution in [-0.2, 0) is 4.84 Å². The van der Waals surface area contributed by atoms with Gasteiger partial charge in [0.15, 0.2) is 5.60 Å². The summed E-state index contributed by atoms with van der Waals surface area (Å²) in [4.78, 5) is 5.19. The fraction of sp³-hybridized carbons (Fsp3) is 0.364. The largest absolute Gasteiger partial charge is 0.392 e. The first-order chi connectivity index (χ1) is 6.73. The summed E-state index contributed by atoms with van der Waals surface area (Å²) in [5.74, 6) is 0. The van der Waals surface area contributed by atoms with Gasteiger partial charge in [0.2, 0.25) is 0 Å². The Hall–Kier alpha value is -1.35. The summed E-state index contributed by atoms with van der Waals surface area (Å²) >= 11 is 0. The first-order valence-corrected chi connectivity index (χ1v) is 4.65. The molecule has 1 atom stereocenters. The smallest absolute Gasteiger partial charge is 0.163 e. The lowest BCUT2D eigenvalue weighted by Crippen LogP contribution is -2.29. The molecule has 0 unspecified atom stereocenters. The van der Waals surface area contributed by atoms with Crippen LogP contribution in [0.4, 0.5) is 0 Å². The van der Waals surface area contributed by atoms with Crippen LogP contribution in [0.25, 0.3) is 0 Å². The minimum atomic E-state index is -0.537. The molecular formula is C11H13NO2. The zero-order valence-corrected chi connectivity index (χ0v) is 8.10. The Balaban J connectivity index is 2.17. The van der Waals surface area contributed by atoms with E-state index in [2.05, 4.69) is 5.16 Å². The number of nitrogens with zero attached hydrogens (tertiary/aromatic N) is 1. The van der Waals surface area contributed by atoms with Crippen LogP contribution < -0.4 is 0 Å². The average Bonchev–Trinajstić information content (AvgIpc) is 2.63. The van der Waals surface area contributed by atoms with Crippen molar-refractivity contribution in [1.29, 1.82) is 0 Å². The summed E-state index contributed by atoms with van der Waals surface area (Å²) in [7, 11) is 0. The molecule has 0 fully saturated rings. The molecule has 1 aliphatic heterocycles. The van der Waals surface area contributed by atoms with E-state index in [0.29, 0.717) is 6.42 Å². The molecule has 74 valence electrons. The quantitative estimate of drug-likeness (QED) is 0.770. The fourth-order valence-electron chi connectivity index (χ4n) is 1.45. The van der Waals surface area contributed by atoms with Crippen LogP contribution in [0, 0.1) is 0 Å². The Labute approximate surface area is 83.0 Å². The lowest BCUT2D eigenvalue weighted by Gasteiger charge is -2.17. The van der Waals surface area contributed by atoms with Crippen molar-refractivity contribution in [1.82, 2.24) is 0 Å². The highest BCUT2D eigenvalue weighted by Crippen LogP contribution is 2.25. The monoisotopic (exact) mass is 191 g/mol. The van der Waals surface area contributed by atoms with Crippen molar-refractivity contribution in [2.24, 2.45) is 5.16 Å². The van der Waals surface area contributed by atoms with Crippen molar-refractivity contribution in [3.05, 3.63) is 35.9 Å². The maximum Gasteiger partial charge on any atom is 0.163 e. The minimum absolute atomic E-state index is 0.00711. The Morgan fingerprint density at radius 2 is 2.14 bits per heavy atom. The number of oxime groups is 1. The molecule has 14 heavy (non-hydrogen) atoms. The van der Waals surface area contributed by atoms with Gasteiger partial charge in [-0.25, -0.2) is 0 Å². The van der Waals surface area contributed by atoms with Gasteiger partial charge in [0.25, 0.3) is 0 Å². The second-order valence-corrected chi connectivity index (χ2v) is 3.78. The average molecular weight is 191 g/mol. The lowest BCUT2D eigenvalue weighted by atomic mass is 9.97. The molecule has 0 aromatic heterocycles. The Morgan fingerprint density at radius 1 is 1.43 bits per heavy atom. The predicted octanol–water partition coefficient (Wildman–Crippen LogP) is 1.56. The highest BCUT2D eigenvalue weighted by atomic mass is 16.7. The van der Waals surface area contributed by atoms with Crippen molar-refractivity contribution >= 4 is 5.71 Å². The molecule has 1 N–H and O–H groups in total. The molecule has 0 spiro atoms. The van der Waals surface area contributed by atoms with Gasteiger partial charge in [-0.1, -0.05) is 35.5 Å². The van der Waals surface area contributed by atoms with Crippen LogP contribution in [0.2, 0.25) is 0 Å². The number of hydrogen-bond acceptors (Lipinski definition) is 3. The Bertz CT molecular complexity index is 348. The summed E-state index contributed by atoms with van der Waals surface area (Å²) in [5.41, 5.74) is 1.43. The molecule has 1 aromatic rings. The van der Waals surface area contributed by atoms with E-state index < -0.39 is 5.60 Å². The number of hydrogen-bond donors (Lipinski definition) is 1. The molecule has 2 rings (SSSR count). The van der Waals surface area contributed by atoms with Gasteiger partial charge in [0, 0.05) is 6.42 Å². The first-order valence-electron chi connectivity index (χ1n) is 4.65. The van der Waals surface area contributed by atoms with Gasteiger partial charge in [-0.15, -0.1) is 0 Å². The van der Waals surface area contributed by atoms with Crippen LogP contribution in [0.1, 0.15) is 18.9 Å². The number of rotatable bonds is 2. The maximum absolute atomic E-state index is 9.09. The summed E-state index contributed by atoms with van der Waals surface area (Å²) in [5, 5.41) is 13.1.